The standard InChI is InChI=1S/C14H17NO4S/c1-9-10(8-20-11(9)12(16)17)6-5-7-15-13(18)19-14(2,3)4/h8H,7H2,1-4H3,(H,15,18)(H,16,17). The minimum absolute atomic E-state index is 0.145. The Balaban J connectivity index is 2.56. The van der Waals surface area contributed by atoms with Gasteiger partial charge in [0.15, 0.2) is 0 Å². The number of rotatable bonds is 2. The van der Waals surface area contributed by atoms with E-state index in [1.54, 1.807) is 33.1 Å². The average molecular weight is 295 g/mol. The Hall–Kier alpha value is -2.00. The van der Waals surface area contributed by atoms with Crippen LogP contribution in [0.4, 0.5) is 4.79 Å². The van der Waals surface area contributed by atoms with Crippen LogP contribution in [0.5, 0.6) is 0 Å². The van der Waals surface area contributed by atoms with Gasteiger partial charge in [0.25, 0.3) is 0 Å². The van der Waals surface area contributed by atoms with E-state index >= 15 is 0 Å². The molecule has 1 heterocycles. The van der Waals surface area contributed by atoms with Gasteiger partial charge in [-0.1, -0.05) is 11.8 Å². The maximum Gasteiger partial charge on any atom is 0.408 e. The molecule has 20 heavy (non-hydrogen) atoms. The first-order chi connectivity index (χ1) is 9.20. The Bertz CT molecular complexity index is 572. The van der Waals surface area contributed by atoms with E-state index in [4.69, 9.17) is 9.84 Å². The van der Waals surface area contributed by atoms with Gasteiger partial charge >= 0.3 is 12.1 Å². The Morgan fingerprint density at radius 2 is 2.10 bits per heavy atom. The monoisotopic (exact) mass is 295 g/mol. The molecule has 0 aliphatic rings. The zero-order chi connectivity index (χ0) is 15.3. The molecule has 0 bridgehead atoms. The molecule has 1 amide bonds. The van der Waals surface area contributed by atoms with Gasteiger partial charge in [0.1, 0.15) is 10.5 Å². The molecule has 108 valence electrons. The van der Waals surface area contributed by atoms with Crippen LogP contribution in [0.2, 0.25) is 0 Å². The Morgan fingerprint density at radius 1 is 1.45 bits per heavy atom. The molecule has 1 aromatic heterocycles. The van der Waals surface area contributed by atoms with Crippen LogP contribution in [-0.2, 0) is 4.74 Å². The highest BCUT2D eigenvalue weighted by Crippen LogP contribution is 2.20. The fraction of sp³-hybridized carbons (Fsp3) is 0.429. The van der Waals surface area contributed by atoms with E-state index in [9.17, 15) is 9.59 Å². The fourth-order valence-corrected chi connectivity index (χ4v) is 2.18. The second kappa shape index (κ2) is 6.44. The number of carboxylic acids is 1. The molecule has 0 aromatic carbocycles. The first kappa shape index (κ1) is 16.1. The van der Waals surface area contributed by atoms with Crippen molar-refractivity contribution < 1.29 is 19.4 Å². The van der Waals surface area contributed by atoms with E-state index in [2.05, 4.69) is 17.2 Å². The van der Waals surface area contributed by atoms with Crippen LogP contribution in [0, 0.1) is 18.8 Å². The molecule has 2 N–H and O–H groups in total. The molecule has 0 saturated heterocycles. The van der Waals surface area contributed by atoms with Gasteiger partial charge in [-0.3, -0.25) is 0 Å². The summed E-state index contributed by atoms with van der Waals surface area (Å²) < 4.78 is 5.06. The van der Waals surface area contributed by atoms with Crippen molar-refractivity contribution in [3.8, 4) is 11.8 Å². The van der Waals surface area contributed by atoms with E-state index < -0.39 is 17.7 Å². The van der Waals surface area contributed by atoms with Crippen molar-refractivity contribution in [1.29, 1.82) is 0 Å². The molecule has 1 aromatic rings. The third kappa shape index (κ3) is 4.94. The molecule has 0 unspecified atom stereocenters. The van der Waals surface area contributed by atoms with Crippen LogP contribution >= 0.6 is 11.3 Å². The highest BCUT2D eigenvalue weighted by atomic mass is 32.1. The van der Waals surface area contributed by atoms with Crippen molar-refractivity contribution in [2.24, 2.45) is 0 Å². The number of carboxylic acid groups (broad SMARTS) is 1. The van der Waals surface area contributed by atoms with Gasteiger partial charge in [0, 0.05) is 10.9 Å². The summed E-state index contributed by atoms with van der Waals surface area (Å²) in [5.41, 5.74) is 0.767. The van der Waals surface area contributed by atoms with Crippen LogP contribution in [0.25, 0.3) is 0 Å². The van der Waals surface area contributed by atoms with Crippen LogP contribution in [-0.4, -0.2) is 29.3 Å². The molecule has 1 rings (SSSR count). The number of aromatic carboxylic acids is 1. The average Bonchev–Trinajstić information content (AvgIpc) is 2.64. The number of alkyl carbamates (subject to hydrolysis) is 1. The summed E-state index contributed by atoms with van der Waals surface area (Å²) >= 11 is 1.14. The summed E-state index contributed by atoms with van der Waals surface area (Å²) in [6, 6.07) is 0. The second-order valence-corrected chi connectivity index (χ2v) is 5.95. The molecular weight excluding hydrogens is 278 g/mol. The SMILES string of the molecule is Cc1c(C#CCNC(=O)OC(C)(C)C)csc1C(=O)O. The van der Waals surface area contributed by atoms with Gasteiger partial charge in [0.2, 0.25) is 0 Å². The van der Waals surface area contributed by atoms with Gasteiger partial charge < -0.3 is 15.2 Å². The first-order valence-corrected chi connectivity index (χ1v) is 6.86. The number of ether oxygens (including phenoxy) is 1. The summed E-state index contributed by atoms with van der Waals surface area (Å²) in [5, 5.41) is 13.1. The lowest BCUT2D eigenvalue weighted by Gasteiger charge is -2.18. The molecule has 0 aliphatic heterocycles. The number of amides is 1. The van der Waals surface area contributed by atoms with Crippen molar-refractivity contribution in [1.82, 2.24) is 5.32 Å². The topological polar surface area (TPSA) is 75.6 Å². The molecule has 0 atom stereocenters. The number of carbonyl (C=O) groups is 2. The lowest BCUT2D eigenvalue weighted by molar-refractivity contribution is 0.0534. The van der Waals surface area contributed by atoms with Crippen molar-refractivity contribution in [3.63, 3.8) is 0 Å². The highest BCUT2D eigenvalue weighted by molar-refractivity contribution is 7.12. The third-order valence-electron chi connectivity index (χ3n) is 2.18. The van der Waals surface area contributed by atoms with Crippen molar-refractivity contribution in [2.75, 3.05) is 6.54 Å². The fourth-order valence-electron chi connectivity index (χ4n) is 1.32. The van der Waals surface area contributed by atoms with E-state index in [-0.39, 0.29) is 11.4 Å². The van der Waals surface area contributed by atoms with E-state index in [0.717, 1.165) is 11.3 Å². The zero-order valence-electron chi connectivity index (χ0n) is 11.9. The predicted octanol–water partition coefficient (Wildman–Crippen LogP) is 2.63. The first-order valence-electron chi connectivity index (χ1n) is 5.98. The summed E-state index contributed by atoms with van der Waals surface area (Å²) in [4.78, 5) is 22.5. The highest BCUT2D eigenvalue weighted by Gasteiger charge is 2.15. The van der Waals surface area contributed by atoms with Gasteiger partial charge in [-0.15, -0.1) is 11.3 Å². The van der Waals surface area contributed by atoms with Crippen LogP contribution in [0.15, 0.2) is 5.38 Å². The molecule has 0 radical (unpaired) electrons. The smallest absolute Gasteiger partial charge is 0.408 e. The number of hydrogen-bond donors (Lipinski definition) is 2. The minimum atomic E-state index is -0.951. The summed E-state index contributed by atoms with van der Waals surface area (Å²) in [6.07, 6.45) is -0.528. The molecule has 0 aliphatic carbocycles. The normalized spacial score (nSPS) is 10.4. The largest absolute Gasteiger partial charge is 0.477 e. The molecule has 0 fully saturated rings. The van der Waals surface area contributed by atoms with E-state index in [1.165, 1.54) is 0 Å². The zero-order valence-corrected chi connectivity index (χ0v) is 12.7. The predicted molar refractivity (Wildman–Crippen MR) is 77.1 cm³/mol. The van der Waals surface area contributed by atoms with Crippen molar-refractivity contribution in [2.45, 2.75) is 33.3 Å². The van der Waals surface area contributed by atoms with E-state index in [0.29, 0.717) is 11.1 Å². The van der Waals surface area contributed by atoms with Crippen LogP contribution in [0.3, 0.4) is 0 Å². The molecule has 0 saturated carbocycles. The molecule has 6 heteroatoms. The van der Waals surface area contributed by atoms with Crippen LogP contribution < -0.4 is 5.32 Å². The summed E-state index contributed by atoms with van der Waals surface area (Å²) in [6.45, 7) is 7.19. The van der Waals surface area contributed by atoms with Gasteiger partial charge in [-0.05, 0) is 33.3 Å². The third-order valence-corrected chi connectivity index (χ3v) is 3.25. The Labute approximate surface area is 122 Å². The van der Waals surface area contributed by atoms with Crippen molar-refractivity contribution in [3.05, 3.63) is 21.4 Å². The molecule has 0 spiro atoms. The summed E-state index contributed by atoms with van der Waals surface area (Å²) in [7, 11) is 0. The van der Waals surface area contributed by atoms with Crippen molar-refractivity contribution >= 4 is 23.4 Å². The van der Waals surface area contributed by atoms with Gasteiger partial charge in [-0.25, -0.2) is 9.59 Å². The number of nitrogens with one attached hydrogen (secondary N) is 1. The molecular formula is C14H17NO4S. The number of carbonyl (C=O) groups excluding carboxylic acids is 1. The summed E-state index contributed by atoms with van der Waals surface area (Å²) in [5.74, 6) is 4.64. The van der Waals surface area contributed by atoms with Gasteiger partial charge in [-0.2, -0.15) is 0 Å². The Kier molecular flexibility index (Phi) is 5.17. The lowest BCUT2D eigenvalue weighted by Crippen LogP contribution is -2.32. The maximum atomic E-state index is 11.4. The number of hydrogen-bond acceptors (Lipinski definition) is 4. The molecule has 5 nitrogen and oxygen atoms in total. The lowest BCUT2D eigenvalue weighted by atomic mass is 10.2. The minimum Gasteiger partial charge on any atom is -0.477 e. The Morgan fingerprint density at radius 3 is 2.60 bits per heavy atom. The maximum absolute atomic E-state index is 11.4. The van der Waals surface area contributed by atoms with Gasteiger partial charge in [0.05, 0.1) is 6.54 Å². The van der Waals surface area contributed by atoms with E-state index in [1.807, 2.05) is 0 Å². The van der Waals surface area contributed by atoms with Crippen LogP contribution in [0.1, 0.15) is 41.6 Å². The second-order valence-electron chi connectivity index (χ2n) is 5.07. The number of thiophene rings is 1. The quantitative estimate of drug-likeness (QED) is 0.822.